The minimum Gasteiger partial charge on any atom is -0.490 e. The van der Waals surface area contributed by atoms with Gasteiger partial charge in [-0.2, -0.15) is 0 Å². The second kappa shape index (κ2) is 8.70. The molecule has 160 valence electrons. The molecule has 2 aromatic carbocycles. The third-order valence-corrected chi connectivity index (χ3v) is 6.71. The Kier molecular flexibility index (Phi) is 5.63. The van der Waals surface area contributed by atoms with Crippen LogP contribution in [0.2, 0.25) is 0 Å². The molecule has 4 nitrogen and oxygen atoms in total. The molecule has 1 saturated heterocycles. The summed E-state index contributed by atoms with van der Waals surface area (Å²) in [6, 6.07) is 17.0. The van der Waals surface area contributed by atoms with E-state index >= 15 is 0 Å². The van der Waals surface area contributed by atoms with E-state index in [0.717, 1.165) is 56.1 Å². The first kappa shape index (κ1) is 20.0. The number of hydrogen-bond donors (Lipinski definition) is 0. The van der Waals surface area contributed by atoms with Gasteiger partial charge in [0.1, 0.15) is 11.9 Å². The van der Waals surface area contributed by atoms with Crippen LogP contribution in [0.15, 0.2) is 54.7 Å². The maximum atomic E-state index is 12.3. The first-order chi connectivity index (χ1) is 15.2. The van der Waals surface area contributed by atoms with Crippen molar-refractivity contribution in [3.05, 3.63) is 60.4 Å². The molecule has 1 aliphatic heterocycles. The van der Waals surface area contributed by atoms with E-state index < -0.39 is 0 Å². The number of nitrogens with zero attached hydrogens (tertiary/aromatic N) is 2. The number of aryl methyl sites for hydroxylation is 1. The number of fused-ring (bicyclic) bond motifs is 1. The normalized spacial score (nSPS) is 17.1. The molecule has 31 heavy (non-hydrogen) atoms. The zero-order valence-corrected chi connectivity index (χ0v) is 18.2. The molecular weight excluding hydrogens is 384 g/mol. The highest BCUT2D eigenvalue weighted by atomic mass is 16.5. The smallest absolute Gasteiger partial charge is 0.222 e. The van der Waals surface area contributed by atoms with Crippen LogP contribution in [0.1, 0.15) is 44.2 Å². The van der Waals surface area contributed by atoms with Crippen molar-refractivity contribution in [1.82, 2.24) is 9.88 Å². The van der Waals surface area contributed by atoms with Gasteiger partial charge in [-0.05, 0) is 60.0 Å². The molecule has 0 spiro atoms. The van der Waals surface area contributed by atoms with Crippen molar-refractivity contribution in [2.75, 3.05) is 13.1 Å². The Morgan fingerprint density at radius 1 is 1.00 bits per heavy atom. The molecule has 0 radical (unpaired) electrons. The molecule has 3 aromatic rings. The van der Waals surface area contributed by atoms with Crippen LogP contribution in [0.25, 0.3) is 21.9 Å². The number of amides is 1. The van der Waals surface area contributed by atoms with Gasteiger partial charge in [-0.3, -0.25) is 9.78 Å². The monoisotopic (exact) mass is 414 g/mol. The van der Waals surface area contributed by atoms with Gasteiger partial charge in [0.25, 0.3) is 0 Å². The summed E-state index contributed by atoms with van der Waals surface area (Å²) in [4.78, 5) is 18.8. The van der Waals surface area contributed by atoms with Crippen LogP contribution >= 0.6 is 0 Å². The molecule has 4 heteroatoms. The number of pyridine rings is 1. The molecule has 1 saturated carbocycles. The Morgan fingerprint density at radius 2 is 1.74 bits per heavy atom. The lowest BCUT2D eigenvalue weighted by molar-refractivity contribution is -0.133. The molecule has 2 heterocycles. The number of carbonyl (C=O) groups is 1. The third kappa shape index (κ3) is 4.73. The van der Waals surface area contributed by atoms with Crippen LogP contribution in [0, 0.1) is 12.8 Å². The quantitative estimate of drug-likeness (QED) is 0.514. The largest absolute Gasteiger partial charge is 0.490 e. The average molecular weight is 415 g/mol. The summed E-state index contributed by atoms with van der Waals surface area (Å²) < 4.78 is 6.22. The van der Waals surface area contributed by atoms with Crippen molar-refractivity contribution in [3.8, 4) is 16.9 Å². The Balaban J connectivity index is 1.17. The van der Waals surface area contributed by atoms with Gasteiger partial charge < -0.3 is 9.64 Å². The fourth-order valence-corrected chi connectivity index (χ4v) is 4.54. The molecular formula is C27H30N2O2. The van der Waals surface area contributed by atoms with Crippen LogP contribution in [-0.2, 0) is 4.79 Å². The lowest BCUT2D eigenvalue weighted by Gasteiger charge is -2.32. The molecule has 1 aromatic heterocycles. The second-order valence-electron chi connectivity index (χ2n) is 9.04. The van der Waals surface area contributed by atoms with Crippen molar-refractivity contribution >= 4 is 16.7 Å². The van der Waals surface area contributed by atoms with Crippen molar-refractivity contribution in [2.45, 2.75) is 51.6 Å². The molecule has 0 atom stereocenters. The van der Waals surface area contributed by atoms with Crippen LogP contribution in [0.3, 0.4) is 0 Å². The maximum Gasteiger partial charge on any atom is 0.222 e. The number of ether oxygens (including phenoxy) is 1. The van der Waals surface area contributed by atoms with Crippen LogP contribution in [-0.4, -0.2) is 35.0 Å². The highest BCUT2D eigenvalue weighted by Gasteiger charge is 2.26. The van der Waals surface area contributed by atoms with Crippen molar-refractivity contribution in [2.24, 2.45) is 5.92 Å². The highest BCUT2D eigenvalue weighted by molar-refractivity contribution is 5.88. The number of carbonyl (C=O) groups excluding carboxylic acids is 1. The Hall–Kier alpha value is -2.88. The topological polar surface area (TPSA) is 42.4 Å². The van der Waals surface area contributed by atoms with Crippen LogP contribution < -0.4 is 4.74 Å². The molecule has 2 fully saturated rings. The molecule has 1 aliphatic carbocycles. The Bertz CT molecular complexity index is 1060. The van der Waals surface area contributed by atoms with Crippen molar-refractivity contribution in [3.63, 3.8) is 0 Å². The number of hydrogen-bond acceptors (Lipinski definition) is 3. The van der Waals surface area contributed by atoms with E-state index in [1.807, 2.05) is 18.0 Å². The minimum atomic E-state index is 0.189. The predicted molar refractivity (Wildman–Crippen MR) is 124 cm³/mol. The number of benzene rings is 2. The molecule has 2 aliphatic rings. The van der Waals surface area contributed by atoms with Gasteiger partial charge in [-0.15, -0.1) is 0 Å². The van der Waals surface area contributed by atoms with E-state index in [1.54, 1.807) is 0 Å². The van der Waals surface area contributed by atoms with Crippen LogP contribution in [0.4, 0.5) is 0 Å². The highest BCUT2D eigenvalue weighted by Crippen LogP contribution is 2.34. The second-order valence-corrected chi connectivity index (χ2v) is 9.04. The molecule has 0 bridgehead atoms. The summed E-state index contributed by atoms with van der Waals surface area (Å²) in [5.41, 5.74) is 3.44. The molecule has 0 unspecified atom stereocenters. The lowest BCUT2D eigenvalue weighted by atomic mass is 10.0. The predicted octanol–water partition coefficient (Wildman–Crippen LogP) is 5.77. The van der Waals surface area contributed by atoms with E-state index in [1.165, 1.54) is 34.7 Å². The fraction of sp³-hybridized carbons (Fsp3) is 0.407. The third-order valence-electron chi connectivity index (χ3n) is 6.71. The SMILES string of the molecule is Cc1nccc2cc(-c3ccc(OC4CCN(C(=O)CCC5CC5)CC4)cc3)ccc12. The minimum absolute atomic E-state index is 0.189. The van der Waals surface area contributed by atoms with E-state index in [4.69, 9.17) is 4.74 Å². The van der Waals surface area contributed by atoms with E-state index in [2.05, 4.69) is 53.5 Å². The number of aromatic nitrogens is 1. The van der Waals surface area contributed by atoms with Gasteiger partial charge >= 0.3 is 0 Å². The molecule has 0 N–H and O–H groups in total. The first-order valence-corrected chi connectivity index (χ1v) is 11.6. The van der Waals surface area contributed by atoms with Gasteiger partial charge in [-0.1, -0.05) is 37.1 Å². The van der Waals surface area contributed by atoms with E-state index in [-0.39, 0.29) is 6.10 Å². The average Bonchev–Trinajstić information content (AvgIpc) is 3.63. The summed E-state index contributed by atoms with van der Waals surface area (Å²) in [5, 5.41) is 2.41. The summed E-state index contributed by atoms with van der Waals surface area (Å²) in [5.74, 6) is 2.06. The number of likely N-dealkylation sites (tertiary alicyclic amines) is 1. The summed E-state index contributed by atoms with van der Waals surface area (Å²) in [6.45, 7) is 3.68. The van der Waals surface area contributed by atoms with Crippen molar-refractivity contribution < 1.29 is 9.53 Å². The lowest BCUT2D eigenvalue weighted by Crippen LogP contribution is -2.41. The Labute approximate surface area is 184 Å². The van der Waals surface area contributed by atoms with E-state index in [0.29, 0.717) is 5.91 Å². The van der Waals surface area contributed by atoms with Gasteiger partial charge in [-0.25, -0.2) is 0 Å². The zero-order valence-electron chi connectivity index (χ0n) is 18.2. The summed E-state index contributed by atoms with van der Waals surface area (Å²) in [6.07, 6.45) is 8.32. The van der Waals surface area contributed by atoms with Gasteiger partial charge in [0, 0.05) is 49.6 Å². The summed E-state index contributed by atoms with van der Waals surface area (Å²) in [7, 11) is 0. The van der Waals surface area contributed by atoms with Crippen molar-refractivity contribution in [1.29, 1.82) is 0 Å². The maximum absolute atomic E-state index is 12.3. The Morgan fingerprint density at radius 3 is 2.48 bits per heavy atom. The van der Waals surface area contributed by atoms with E-state index in [9.17, 15) is 4.79 Å². The first-order valence-electron chi connectivity index (χ1n) is 11.6. The standard InChI is InChI=1S/C27H30N2O2/c1-19-26-10-7-22(18-23(26)12-15-28-19)21-5-8-24(9-6-21)31-25-13-16-29(17-14-25)27(30)11-4-20-2-3-20/h5-10,12,15,18,20,25H,2-4,11,13-14,16-17H2,1H3. The number of piperidine rings is 1. The fourth-order valence-electron chi connectivity index (χ4n) is 4.54. The molecule has 5 rings (SSSR count). The van der Waals surface area contributed by atoms with Gasteiger partial charge in [0.15, 0.2) is 0 Å². The number of rotatable bonds is 6. The summed E-state index contributed by atoms with van der Waals surface area (Å²) >= 11 is 0. The molecule has 1 amide bonds. The zero-order chi connectivity index (χ0) is 21.2. The van der Waals surface area contributed by atoms with Crippen LogP contribution in [0.5, 0.6) is 5.75 Å². The van der Waals surface area contributed by atoms with Gasteiger partial charge in [0.05, 0.1) is 0 Å². The van der Waals surface area contributed by atoms with Gasteiger partial charge in [0.2, 0.25) is 5.91 Å².